The summed E-state index contributed by atoms with van der Waals surface area (Å²) in [5.74, 6) is 2.80. The van der Waals surface area contributed by atoms with Crippen molar-refractivity contribution in [2.45, 2.75) is 38.2 Å². The van der Waals surface area contributed by atoms with Gasteiger partial charge in [-0.3, -0.25) is 4.79 Å². The van der Waals surface area contributed by atoms with Crippen LogP contribution in [-0.2, 0) is 4.74 Å². The van der Waals surface area contributed by atoms with Crippen molar-refractivity contribution in [2.75, 3.05) is 18.1 Å². The number of ketones is 1. The van der Waals surface area contributed by atoms with Crippen LogP contribution in [0.2, 0.25) is 0 Å². The van der Waals surface area contributed by atoms with Gasteiger partial charge in [-0.1, -0.05) is 18.2 Å². The summed E-state index contributed by atoms with van der Waals surface area (Å²) in [5.41, 5.74) is 2.08. The first-order valence-electron chi connectivity index (χ1n) is 7.62. The Hall–Kier alpha value is -0.0700. The monoisotopic (exact) mass is 416 g/mol. The van der Waals surface area contributed by atoms with Gasteiger partial charge in [-0.15, -0.1) is 0 Å². The van der Waals surface area contributed by atoms with Crippen LogP contribution in [0.1, 0.15) is 41.6 Å². The Balaban J connectivity index is 1.79. The average molecular weight is 416 g/mol. The number of halogens is 1. The molecule has 0 bridgehead atoms. The molecule has 21 heavy (non-hydrogen) atoms. The van der Waals surface area contributed by atoms with Crippen molar-refractivity contribution in [2.24, 2.45) is 5.92 Å². The number of Topliss-reactive ketones (excluding diaryl/α,β-unsaturated/α-hetero) is 1. The standard InChI is InChI=1S/C17H21IO2S/c1-12-3-2-4-14(15(12)18)16(19)13-5-8-20-17(11-13)6-9-21-10-7-17/h2-4,13H,5-11H2,1H3. The van der Waals surface area contributed by atoms with Crippen molar-refractivity contribution < 1.29 is 9.53 Å². The molecule has 1 unspecified atom stereocenters. The molecule has 114 valence electrons. The van der Waals surface area contributed by atoms with Crippen molar-refractivity contribution in [3.63, 3.8) is 0 Å². The number of aryl methyl sites for hydroxylation is 1. The number of ether oxygens (including phenoxy) is 1. The van der Waals surface area contributed by atoms with E-state index in [9.17, 15) is 4.79 Å². The Morgan fingerprint density at radius 3 is 2.90 bits per heavy atom. The fraction of sp³-hybridized carbons (Fsp3) is 0.588. The highest BCUT2D eigenvalue weighted by molar-refractivity contribution is 14.1. The van der Waals surface area contributed by atoms with Crippen LogP contribution in [0.4, 0.5) is 0 Å². The minimum absolute atomic E-state index is 0.0148. The predicted molar refractivity (Wildman–Crippen MR) is 96.2 cm³/mol. The molecule has 2 saturated heterocycles. The lowest BCUT2D eigenvalue weighted by Gasteiger charge is -2.43. The van der Waals surface area contributed by atoms with Gasteiger partial charge in [0.1, 0.15) is 0 Å². The largest absolute Gasteiger partial charge is 0.375 e. The number of rotatable bonds is 2. The maximum Gasteiger partial charge on any atom is 0.167 e. The van der Waals surface area contributed by atoms with Crippen LogP contribution in [0.25, 0.3) is 0 Å². The van der Waals surface area contributed by atoms with E-state index in [0.29, 0.717) is 5.78 Å². The second kappa shape index (κ2) is 6.59. The fourth-order valence-electron chi connectivity index (χ4n) is 3.40. The molecule has 2 nitrogen and oxygen atoms in total. The zero-order chi connectivity index (χ0) is 14.9. The minimum atomic E-state index is -0.0148. The van der Waals surface area contributed by atoms with E-state index in [-0.39, 0.29) is 11.5 Å². The molecule has 1 spiro atoms. The van der Waals surface area contributed by atoms with E-state index >= 15 is 0 Å². The minimum Gasteiger partial charge on any atom is -0.375 e. The molecular weight excluding hydrogens is 395 g/mol. The summed E-state index contributed by atoms with van der Waals surface area (Å²) < 4.78 is 7.22. The van der Waals surface area contributed by atoms with Gasteiger partial charge in [0.2, 0.25) is 0 Å². The number of hydrogen-bond donors (Lipinski definition) is 0. The number of benzene rings is 1. The van der Waals surface area contributed by atoms with Crippen molar-refractivity contribution in [3.05, 3.63) is 32.9 Å². The third-order valence-corrected chi connectivity index (χ3v) is 7.14. The SMILES string of the molecule is Cc1cccc(C(=O)C2CCOC3(CCSCC3)C2)c1I. The highest BCUT2D eigenvalue weighted by Gasteiger charge is 2.41. The van der Waals surface area contributed by atoms with E-state index in [2.05, 4.69) is 35.6 Å². The number of hydrogen-bond acceptors (Lipinski definition) is 3. The summed E-state index contributed by atoms with van der Waals surface area (Å²) >= 11 is 4.31. The van der Waals surface area contributed by atoms with Gasteiger partial charge in [0, 0.05) is 21.7 Å². The molecule has 2 heterocycles. The van der Waals surface area contributed by atoms with Crippen LogP contribution in [0, 0.1) is 16.4 Å². The third-order valence-electron chi connectivity index (χ3n) is 4.73. The van der Waals surface area contributed by atoms with Gasteiger partial charge < -0.3 is 4.74 Å². The smallest absolute Gasteiger partial charge is 0.167 e. The topological polar surface area (TPSA) is 26.3 Å². The number of thioether (sulfide) groups is 1. The average Bonchev–Trinajstić information content (AvgIpc) is 2.50. The molecule has 1 aromatic rings. The predicted octanol–water partition coefficient (Wildman–Crippen LogP) is 4.47. The quantitative estimate of drug-likeness (QED) is 0.526. The van der Waals surface area contributed by atoms with Crippen LogP contribution < -0.4 is 0 Å². The van der Waals surface area contributed by atoms with E-state index in [0.717, 1.165) is 41.4 Å². The second-order valence-corrected chi connectivity index (χ2v) is 8.44. The lowest BCUT2D eigenvalue weighted by molar-refractivity contribution is -0.0959. The maximum atomic E-state index is 12.9. The molecule has 2 fully saturated rings. The van der Waals surface area contributed by atoms with Gasteiger partial charge in [0.05, 0.1) is 5.60 Å². The van der Waals surface area contributed by atoms with Crippen molar-refractivity contribution in [1.29, 1.82) is 0 Å². The Bertz CT molecular complexity index is 532. The summed E-state index contributed by atoms with van der Waals surface area (Å²) in [6.07, 6.45) is 3.99. The summed E-state index contributed by atoms with van der Waals surface area (Å²) in [6.45, 7) is 2.81. The van der Waals surface area contributed by atoms with Gasteiger partial charge in [0.15, 0.2) is 5.78 Å². The molecule has 4 heteroatoms. The van der Waals surface area contributed by atoms with E-state index in [1.807, 2.05) is 23.9 Å². The first-order valence-corrected chi connectivity index (χ1v) is 9.86. The zero-order valence-electron chi connectivity index (χ0n) is 12.4. The molecule has 0 amide bonds. The third kappa shape index (κ3) is 3.32. The first-order chi connectivity index (χ1) is 10.1. The van der Waals surface area contributed by atoms with Crippen LogP contribution in [0.3, 0.4) is 0 Å². The van der Waals surface area contributed by atoms with E-state index in [1.54, 1.807) is 0 Å². The van der Waals surface area contributed by atoms with Crippen molar-refractivity contribution >= 4 is 40.1 Å². The summed E-state index contributed by atoms with van der Waals surface area (Å²) in [5, 5.41) is 0. The lowest BCUT2D eigenvalue weighted by atomic mass is 9.78. The summed E-state index contributed by atoms with van der Waals surface area (Å²) in [4.78, 5) is 12.9. The van der Waals surface area contributed by atoms with Gasteiger partial charge in [-0.25, -0.2) is 0 Å². The summed E-state index contributed by atoms with van der Waals surface area (Å²) in [7, 11) is 0. The molecule has 0 aromatic heterocycles. The summed E-state index contributed by atoms with van der Waals surface area (Å²) in [6, 6.07) is 6.05. The lowest BCUT2D eigenvalue weighted by Crippen LogP contribution is -2.44. The van der Waals surface area contributed by atoms with E-state index < -0.39 is 0 Å². The molecular formula is C17H21IO2S. The Morgan fingerprint density at radius 1 is 1.38 bits per heavy atom. The van der Waals surface area contributed by atoms with Crippen LogP contribution >= 0.6 is 34.4 Å². The maximum absolute atomic E-state index is 12.9. The van der Waals surface area contributed by atoms with Gasteiger partial charge in [-0.2, -0.15) is 11.8 Å². The van der Waals surface area contributed by atoms with Crippen LogP contribution in [0.5, 0.6) is 0 Å². The number of carbonyl (C=O) groups is 1. The second-order valence-electron chi connectivity index (χ2n) is 6.13. The van der Waals surface area contributed by atoms with E-state index in [1.165, 1.54) is 17.1 Å². The molecule has 0 radical (unpaired) electrons. The molecule has 3 rings (SSSR count). The van der Waals surface area contributed by atoms with Crippen LogP contribution in [0.15, 0.2) is 18.2 Å². The van der Waals surface area contributed by atoms with E-state index in [4.69, 9.17) is 4.74 Å². The molecule has 0 aliphatic carbocycles. The highest BCUT2D eigenvalue weighted by atomic mass is 127. The first kappa shape index (κ1) is 15.8. The molecule has 1 atom stereocenters. The molecule has 0 saturated carbocycles. The Labute approximate surface area is 144 Å². The van der Waals surface area contributed by atoms with Gasteiger partial charge >= 0.3 is 0 Å². The zero-order valence-corrected chi connectivity index (χ0v) is 15.3. The highest BCUT2D eigenvalue weighted by Crippen LogP contribution is 2.41. The molecule has 2 aliphatic heterocycles. The van der Waals surface area contributed by atoms with Gasteiger partial charge in [-0.05, 0) is 72.3 Å². The molecule has 2 aliphatic rings. The molecule has 0 N–H and O–H groups in total. The fourth-order valence-corrected chi connectivity index (χ4v) is 5.26. The van der Waals surface area contributed by atoms with Crippen LogP contribution in [-0.4, -0.2) is 29.5 Å². The normalized spacial score (nSPS) is 25.0. The Kier molecular flexibility index (Phi) is 4.96. The van der Waals surface area contributed by atoms with Crippen molar-refractivity contribution in [3.8, 4) is 0 Å². The van der Waals surface area contributed by atoms with Gasteiger partial charge in [0.25, 0.3) is 0 Å². The van der Waals surface area contributed by atoms with Crippen molar-refractivity contribution in [1.82, 2.24) is 0 Å². The molecule has 1 aromatic carbocycles. The Morgan fingerprint density at radius 2 is 2.14 bits per heavy atom. The number of carbonyl (C=O) groups excluding carboxylic acids is 1.